The van der Waals surface area contributed by atoms with Gasteiger partial charge in [-0.2, -0.15) is 0 Å². The van der Waals surface area contributed by atoms with E-state index in [1.807, 2.05) is 0 Å². The molecule has 0 amide bonds. The van der Waals surface area contributed by atoms with Crippen LogP contribution in [0.3, 0.4) is 0 Å². The van der Waals surface area contributed by atoms with Crippen LogP contribution in [-0.4, -0.2) is 7.28 Å². The predicted molar refractivity (Wildman–Crippen MR) is 67.8 cm³/mol. The maximum atomic E-state index is 1.61. The second-order valence-corrected chi connectivity index (χ2v) is 6.50. The maximum Gasteiger partial charge on any atom is 0.127 e. The van der Waals surface area contributed by atoms with Crippen molar-refractivity contribution in [3.63, 3.8) is 0 Å². The van der Waals surface area contributed by atoms with Crippen LogP contribution in [0.4, 0.5) is 0 Å². The van der Waals surface area contributed by atoms with E-state index in [9.17, 15) is 0 Å². The third-order valence-electron chi connectivity index (χ3n) is 5.32. The van der Waals surface area contributed by atoms with E-state index in [-0.39, 0.29) is 0 Å². The largest absolute Gasteiger partial charge is 0.127 e. The average Bonchev–Trinajstić information content (AvgIpc) is 2.81. The molecular formula is C14H25B. The fourth-order valence-corrected chi connectivity index (χ4v) is 3.47. The summed E-state index contributed by atoms with van der Waals surface area (Å²) in [6.07, 6.45) is 15.6. The van der Waals surface area contributed by atoms with E-state index in [1.54, 1.807) is 58.6 Å². The molecule has 0 aromatic rings. The molecule has 3 aliphatic carbocycles. The van der Waals surface area contributed by atoms with E-state index in [0.29, 0.717) is 0 Å². The quantitative estimate of drug-likeness (QED) is 0.569. The summed E-state index contributed by atoms with van der Waals surface area (Å²) in [6, 6.07) is 0. The van der Waals surface area contributed by atoms with Crippen molar-refractivity contribution in [2.75, 3.05) is 0 Å². The fourth-order valence-electron chi connectivity index (χ4n) is 3.47. The third kappa shape index (κ3) is 2.60. The Hall–Kier alpha value is 0.0649. The van der Waals surface area contributed by atoms with Crippen LogP contribution in [0.1, 0.15) is 64.2 Å². The molecule has 3 saturated carbocycles. The number of rotatable bonds is 6. The van der Waals surface area contributed by atoms with Crippen LogP contribution in [-0.2, 0) is 0 Å². The molecule has 0 aromatic carbocycles. The van der Waals surface area contributed by atoms with Crippen LogP contribution < -0.4 is 0 Å². The van der Waals surface area contributed by atoms with Gasteiger partial charge in [-0.15, -0.1) is 0 Å². The molecule has 0 radical (unpaired) electrons. The van der Waals surface area contributed by atoms with E-state index in [1.165, 1.54) is 12.8 Å². The van der Waals surface area contributed by atoms with Crippen molar-refractivity contribution >= 4 is 7.28 Å². The number of hydrogen-bond donors (Lipinski definition) is 0. The molecule has 84 valence electrons. The number of hydrogen-bond acceptors (Lipinski definition) is 0. The van der Waals surface area contributed by atoms with Gasteiger partial charge in [-0.05, 0) is 11.8 Å². The molecule has 3 rings (SSSR count). The maximum absolute atomic E-state index is 1.61. The lowest BCUT2D eigenvalue weighted by molar-refractivity contribution is 0.246. The summed E-state index contributed by atoms with van der Waals surface area (Å²) in [6.45, 7) is 0. The van der Waals surface area contributed by atoms with Gasteiger partial charge in [0.2, 0.25) is 0 Å². The van der Waals surface area contributed by atoms with Crippen LogP contribution >= 0.6 is 0 Å². The lowest BCUT2D eigenvalue weighted by Gasteiger charge is -2.35. The zero-order valence-electron chi connectivity index (χ0n) is 10.1. The van der Waals surface area contributed by atoms with Crippen molar-refractivity contribution in [2.24, 2.45) is 11.8 Å². The Labute approximate surface area is 95.5 Å². The smallest absolute Gasteiger partial charge is 0.0654 e. The molecule has 0 heterocycles. The van der Waals surface area contributed by atoms with Gasteiger partial charge in [0.1, 0.15) is 7.28 Å². The van der Waals surface area contributed by atoms with E-state index in [0.717, 1.165) is 23.5 Å². The van der Waals surface area contributed by atoms with Crippen molar-refractivity contribution < 1.29 is 0 Å². The predicted octanol–water partition coefficient (Wildman–Crippen LogP) is 4.17. The van der Waals surface area contributed by atoms with Gasteiger partial charge in [-0.3, -0.25) is 0 Å². The summed E-state index contributed by atoms with van der Waals surface area (Å²) in [5.74, 6) is 4.61. The molecule has 1 unspecified atom stereocenters. The molecule has 15 heavy (non-hydrogen) atoms. The first-order valence-corrected chi connectivity index (χ1v) is 7.42. The van der Waals surface area contributed by atoms with Gasteiger partial charge in [0.05, 0.1) is 0 Å². The zero-order chi connectivity index (χ0) is 10.1. The molecular weight excluding hydrogens is 179 g/mol. The van der Waals surface area contributed by atoms with Gasteiger partial charge in [-0.25, -0.2) is 0 Å². The Morgan fingerprint density at radius 2 is 1.67 bits per heavy atom. The Kier molecular flexibility index (Phi) is 3.08. The molecule has 0 N–H and O–H groups in total. The minimum absolute atomic E-state index is 1.15. The van der Waals surface area contributed by atoms with Crippen molar-refractivity contribution in [1.82, 2.24) is 0 Å². The Morgan fingerprint density at radius 3 is 2.13 bits per heavy atom. The third-order valence-corrected chi connectivity index (χ3v) is 5.32. The van der Waals surface area contributed by atoms with Gasteiger partial charge >= 0.3 is 0 Å². The summed E-state index contributed by atoms with van der Waals surface area (Å²) in [4.78, 5) is 0. The van der Waals surface area contributed by atoms with E-state index in [4.69, 9.17) is 0 Å². The van der Waals surface area contributed by atoms with Gasteiger partial charge in [0, 0.05) is 0 Å². The Morgan fingerprint density at radius 1 is 0.933 bits per heavy atom. The first-order valence-electron chi connectivity index (χ1n) is 7.42. The van der Waals surface area contributed by atoms with Crippen molar-refractivity contribution in [1.29, 1.82) is 0 Å². The Bertz CT molecular complexity index is 201. The highest BCUT2D eigenvalue weighted by atomic mass is 14.3. The van der Waals surface area contributed by atoms with E-state index >= 15 is 0 Å². The van der Waals surface area contributed by atoms with Crippen LogP contribution in [0.25, 0.3) is 0 Å². The average molecular weight is 204 g/mol. The van der Waals surface area contributed by atoms with Gasteiger partial charge in [0.15, 0.2) is 0 Å². The van der Waals surface area contributed by atoms with Crippen molar-refractivity contribution in [2.45, 2.75) is 75.8 Å². The summed E-state index contributed by atoms with van der Waals surface area (Å²) in [7, 11) is 1.61. The normalized spacial score (nSPS) is 29.3. The second kappa shape index (κ2) is 4.51. The lowest BCUT2D eigenvalue weighted by Crippen LogP contribution is -2.23. The highest BCUT2D eigenvalue weighted by Gasteiger charge is 2.34. The minimum Gasteiger partial charge on any atom is -0.0654 e. The highest BCUT2D eigenvalue weighted by molar-refractivity contribution is 6.41. The van der Waals surface area contributed by atoms with Crippen LogP contribution in [0.2, 0.25) is 11.6 Å². The topological polar surface area (TPSA) is 0 Å². The van der Waals surface area contributed by atoms with E-state index in [2.05, 4.69) is 0 Å². The fraction of sp³-hybridized carbons (Fsp3) is 1.00. The molecule has 0 aliphatic heterocycles. The SMILES string of the molecule is B(C1CC1)C(CCC1CCC1)C1CCC1. The van der Waals surface area contributed by atoms with Crippen molar-refractivity contribution in [3.05, 3.63) is 0 Å². The summed E-state index contributed by atoms with van der Waals surface area (Å²) >= 11 is 0. The highest BCUT2D eigenvalue weighted by Crippen LogP contribution is 2.47. The first kappa shape index (κ1) is 10.2. The molecule has 0 bridgehead atoms. The molecule has 0 nitrogen and oxygen atoms in total. The summed E-state index contributed by atoms with van der Waals surface area (Å²) in [5.41, 5.74) is 0. The molecule has 0 saturated heterocycles. The van der Waals surface area contributed by atoms with Gasteiger partial charge in [0.25, 0.3) is 0 Å². The summed E-state index contributed by atoms with van der Waals surface area (Å²) in [5, 5.41) is 0. The monoisotopic (exact) mass is 204 g/mol. The minimum atomic E-state index is 1.15. The molecule has 0 aromatic heterocycles. The van der Waals surface area contributed by atoms with E-state index < -0.39 is 0 Å². The first-order chi connectivity index (χ1) is 7.42. The Balaban J connectivity index is 1.42. The molecule has 0 spiro atoms. The van der Waals surface area contributed by atoms with Crippen LogP contribution in [0.15, 0.2) is 0 Å². The van der Waals surface area contributed by atoms with Crippen molar-refractivity contribution in [3.8, 4) is 0 Å². The summed E-state index contributed by atoms with van der Waals surface area (Å²) < 4.78 is 0. The van der Waals surface area contributed by atoms with Gasteiger partial charge < -0.3 is 0 Å². The lowest BCUT2D eigenvalue weighted by atomic mass is 9.50. The van der Waals surface area contributed by atoms with Gasteiger partial charge in [-0.1, -0.05) is 75.8 Å². The molecule has 1 heteroatoms. The zero-order valence-corrected chi connectivity index (χ0v) is 10.1. The second-order valence-electron chi connectivity index (χ2n) is 6.50. The van der Waals surface area contributed by atoms with Crippen LogP contribution in [0, 0.1) is 11.8 Å². The van der Waals surface area contributed by atoms with Crippen LogP contribution in [0.5, 0.6) is 0 Å². The molecule has 3 fully saturated rings. The molecule has 3 aliphatic rings. The molecule has 1 atom stereocenters. The standard InChI is InChI=1S/C14H25B/c1-3-11(4-1)7-10-14(12-5-2-6-12)15-13-8-9-13/h11-15H,1-10H2.